The maximum absolute atomic E-state index is 13.0. The van der Waals surface area contributed by atoms with Crippen molar-refractivity contribution in [3.63, 3.8) is 0 Å². The van der Waals surface area contributed by atoms with Crippen molar-refractivity contribution in [1.29, 1.82) is 0 Å². The van der Waals surface area contributed by atoms with Crippen molar-refractivity contribution in [1.82, 2.24) is 0 Å². The monoisotopic (exact) mass is 927 g/mol. The lowest BCUT2D eigenvalue weighted by molar-refractivity contribution is -0.301. The second-order valence-corrected chi connectivity index (χ2v) is 18.9. The SMILES string of the molecule is CCCCCCCCCCCCCCCCCCCC(=O)OC1C(OCC(COC(=O)CCCCCCCCCCC)OC(=O)CCCCCCCCCCC)OC(C(=O)O)C(O)C1O. The zero-order valence-electron chi connectivity index (χ0n) is 41.8. The van der Waals surface area contributed by atoms with E-state index in [0.29, 0.717) is 19.3 Å². The molecule has 6 unspecified atom stereocenters. The third-order valence-corrected chi connectivity index (χ3v) is 12.7. The molecule has 3 N–H and O–H groups in total. The highest BCUT2D eigenvalue weighted by Gasteiger charge is 2.50. The molecule has 1 saturated heterocycles. The van der Waals surface area contributed by atoms with Crippen molar-refractivity contribution in [2.45, 2.75) is 302 Å². The van der Waals surface area contributed by atoms with E-state index in [1.807, 2.05) is 0 Å². The van der Waals surface area contributed by atoms with Crippen LogP contribution in [0.5, 0.6) is 0 Å². The number of aliphatic carboxylic acids is 1. The Balaban J connectivity index is 2.64. The first kappa shape index (κ1) is 60.7. The van der Waals surface area contributed by atoms with Gasteiger partial charge in [-0.15, -0.1) is 0 Å². The van der Waals surface area contributed by atoms with Gasteiger partial charge in [0.05, 0.1) is 6.61 Å². The van der Waals surface area contributed by atoms with Crippen LogP contribution in [0.25, 0.3) is 0 Å². The minimum absolute atomic E-state index is 0.0704. The third kappa shape index (κ3) is 33.8. The molecule has 6 atom stereocenters. The molecule has 0 aliphatic carbocycles. The predicted octanol–water partition coefficient (Wildman–Crippen LogP) is 12.8. The number of carboxylic acids is 1. The van der Waals surface area contributed by atoms with E-state index in [0.717, 1.165) is 57.8 Å². The fourth-order valence-electron chi connectivity index (χ4n) is 8.49. The van der Waals surface area contributed by atoms with Gasteiger partial charge in [-0.05, 0) is 19.3 Å². The zero-order valence-corrected chi connectivity index (χ0v) is 41.8. The lowest BCUT2D eigenvalue weighted by atomic mass is 9.98. The van der Waals surface area contributed by atoms with Gasteiger partial charge in [0.2, 0.25) is 0 Å². The lowest BCUT2D eigenvalue weighted by Crippen LogP contribution is -2.61. The summed E-state index contributed by atoms with van der Waals surface area (Å²) in [5.74, 6) is -3.09. The molecule has 1 heterocycles. The quantitative estimate of drug-likeness (QED) is 0.0300. The topological polar surface area (TPSA) is 175 Å². The number of carbonyl (C=O) groups excluding carboxylic acids is 3. The highest BCUT2D eigenvalue weighted by molar-refractivity contribution is 5.74. The Hall–Kier alpha value is -2.28. The van der Waals surface area contributed by atoms with Crippen LogP contribution in [0.3, 0.4) is 0 Å². The van der Waals surface area contributed by atoms with Crippen molar-refractivity contribution in [3.05, 3.63) is 0 Å². The number of carbonyl (C=O) groups is 4. The number of carboxylic acid groups (broad SMARTS) is 1. The molecule has 1 rings (SSSR count). The number of aliphatic hydroxyl groups is 2. The standard InChI is InChI=1S/C53H98O12/c1-4-7-10-13-16-19-20-21-22-23-24-25-26-29-32-35-38-41-47(56)64-51-49(58)48(57)50(52(59)60)65-53(51)62-43-44(63-46(55)40-37-34-31-28-18-15-12-9-6-3)42-61-45(54)39-36-33-30-27-17-14-11-8-5-2/h44,48-51,53,57-58H,4-43H2,1-3H3,(H,59,60). The molecule has 0 radical (unpaired) electrons. The van der Waals surface area contributed by atoms with Crippen LogP contribution in [-0.4, -0.2) is 89.2 Å². The van der Waals surface area contributed by atoms with Gasteiger partial charge in [0.1, 0.15) is 18.8 Å². The van der Waals surface area contributed by atoms with Crippen LogP contribution < -0.4 is 0 Å². The molecule has 12 heteroatoms. The molecule has 0 spiro atoms. The Morgan fingerprint density at radius 1 is 0.446 bits per heavy atom. The molecule has 12 nitrogen and oxygen atoms in total. The van der Waals surface area contributed by atoms with Gasteiger partial charge in [0.25, 0.3) is 0 Å². The summed E-state index contributed by atoms with van der Waals surface area (Å²) in [6.45, 7) is 5.95. The molecule has 382 valence electrons. The summed E-state index contributed by atoms with van der Waals surface area (Å²) in [6, 6.07) is 0. The maximum Gasteiger partial charge on any atom is 0.335 e. The number of esters is 3. The second-order valence-electron chi connectivity index (χ2n) is 18.9. The highest BCUT2D eigenvalue weighted by atomic mass is 16.7. The van der Waals surface area contributed by atoms with Crippen molar-refractivity contribution < 1.29 is 58.2 Å². The average molecular weight is 927 g/mol. The van der Waals surface area contributed by atoms with Crippen LogP contribution in [0.15, 0.2) is 0 Å². The van der Waals surface area contributed by atoms with Gasteiger partial charge in [-0.3, -0.25) is 14.4 Å². The summed E-state index contributed by atoms with van der Waals surface area (Å²) < 4.78 is 28.3. The summed E-state index contributed by atoms with van der Waals surface area (Å²) in [5.41, 5.74) is 0. The van der Waals surface area contributed by atoms with Gasteiger partial charge in [0, 0.05) is 19.3 Å². The molecule has 1 aliphatic heterocycles. The van der Waals surface area contributed by atoms with Gasteiger partial charge >= 0.3 is 23.9 Å². The van der Waals surface area contributed by atoms with Crippen LogP contribution in [0.4, 0.5) is 0 Å². The van der Waals surface area contributed by atoms with Crippen LogP contribution in [-0.2, 0) is 42.9 Å². The largest absolute Gasteiger partial charge is 0.479 e. The Kier molecular flexibility index (Phi) is 40.2. The van der Waals surface area contributed by atoms with Gasteiger partial charge in [-0.1, -0.05) is 226 Å². The second kappa shape index (κ2) is 43.0. The summed E-state index contributed by atoms with van der Waals surface area (Å²) in [5, 5.41) is 31.3. The number of ether oxygens (including phenoxy) is 5. The van der Waals surface area contributed by atoms with E-state index in [2.05, 4.69) is 20.8 Å². The van der Waals surface area contributed by atoms with Crippen LogP contribution in [0.1, 0.15) is 265 Å². The molecule has 1 aliphatic rings. The first-order valence-corrected chi connectivity index (χ1v) is 27.0. The minimum atomic E-state index is -1.89. The molecule has 0 saturated carbocycles. The molecular formula is C53H98O12. The molecule has 0 aromatic carbocycles. The molecule has 65 heavy (non-hydrogen) atoms. The maximum atomic E-state index is 13.0. The highest BCUT2D eigenvalue weighted by Crippen LogP contribution is 2.26. The Morgan fingerprint density at radius 3 is 1.15 bits per heavy atom. The number of hydrogen-bond acceptors (Lipinski definition) is 11. The normalized spacial score (nSPS) is 18.9. The molecular weight excluding hydrogens is 829 g/mol. The number of aliphatic hydroxyl groups excluding tert-OH is 2. The number of hydrogen-bond donors (Lipinski definition) is 3. The van der Waals surface area contributed by atoms with E-state index in [1.54, 1.807) is 0 Å². The molecule has 0 amide bonds. The third-order valence-electron chi connectivity index (χ3n) is 12.7. The first-order valence-electron chi connectivity index (χ1n) is 27.0. The van der Waals surface area contributed by atoms with E-state index in [9.17, 15) is 34.5 Å². The van der Waals surface area contributed by atoms with E-state index in [4.69, 9.17) is 23.7 Å². The Morgan fingerprint density at radius 2 is 0.785 bits per heavy atom. The fourth-order valence-corrected chi connectivity index (χ4v) is 8.49. The summed E-state index contributed by atoms with van der Waals surface area (Å²) in [6.07, 6.45) is 31.1. The van der Waals surface area contributed by atoms with E-state index < -0.39 is 67.3 Å². The van der Waals surface area contributed by atoms with Crippen LogP contribution >= 0.6 is 0 Å². The zero-order chi connectivity index (χ0) is 47.6. The van der Waals surface area contributed by atoms with Crippen molar-refractivity contribution >= 4 is 23.9 Å². The van der Waals surface area contributed by atoms with Crippen LogP contribution in [0.2, 0.25) is 0 Å². The smallest absolute Gasteiger partial charge is 0.335 e. The van der Waals surface area contributed by atoms with E-state index >= 15 is 0 Å². The van der Waals surface area contributed by atoms with Crippen molar-refractivity contribution in [3.8, 4) is 0 Å². The Labute approximate surface area is 395 Å². The van der Waals surface area contributed by atoms with Crippen molar-refractivity contribution in [2.24, 2.45) is 0 Å². The number of unbranched alkanes of at least 4 members (excludes halogenated alkanes) is 32. The first-order chi connectivity index (χ1) is 31.6. The minimum Gasteiger partial charge on any atom is -0.479 e. The van der Waals surface area contributed by atoms with Gasteiger partial charge < -0.3 is 39.0 Å². The van der Waals surface area contributed by atoms with Crippen molar-refractivity contribution in [2.75, 3.05) is 13.2 Å². The Bertz CT molecular complexity index is 1150. The molecule has 0 bridgehead atoms. The van der Waals surface area contributed by atoms with Gasteiger partial charge in [0.15, 0.2) is 24.6 Å². The molecule has 0 aromatic rings. The van der Waals surface area contributed by atoms with Crippen LogP contribution in [0, 0.1) is 0 Å². The lowest BCUT2D eigenvalue weighted by Gasteiger charge is -2.40. The summed E-state index contributed by atoms with van der Waals surface area (Å²) in [7, 11) is 0. The molecule has 0 aromatic heterocycles. The molecule has 1 fully saturated rings. The number of rotatable bonds is 46. The fraction of sp³-hybridized carbons (Fsp3) is 0.925. The average Bonchev–Trinajstić information content (AvgIpc) is 3.29. The summed E-state index contributed by atoms with van der Waals surface area (Å²) in [4.78, 5) is 50.7. The summed E-state index contributed by atoms with van der Waals surface area (Å²) >= 11 is 0. The van der Waals surface area contributed by atoms with E-state index in [-0.39, 0.29) is 25.9 Å². The predicted molar refractivity (Wildman–Crippen MR) is 257 cm³/mol. The van der Waals surface area contributed by atoms with Gasteiger partial charge in [-0.25, -0.2) is 4.79 Å². The van der Waals surface area contributed by atoms with Gasteiger partial charge in [-0.2, -0.15) is 0 Å². The van der Waals surface area contributed by atoms with E-state index in [1.165, 1.54) is 148 Å².